The topological polar surface area (TPSA) is 8.17 Å². The molecule has 1 heterocycles. The first-order chi connectivity index (χ1) is 32.0. The van der Waals surface area contributed by atoms with Crippen LogP contribution in [0.1, 0.15) is 25.0 Å². The maximum absolute atomic E-state index is 2.49. The number of para-hydroxylation sites is 1. The van der Waals surface area contributed by atoms with E-state index in [0.29, 0.717) is 0 Å². The molecule has 0 aliphatic heterocycles. The fourth-order valence-electron chi connectivity index (χ4n) is 10.5. The van der Waals surface area contributed by atoms with Crippen LogP contribution in [-0.2, 0) is 5.41 Å². The van der Waals surface area contributed by atoms with E-state index in [1.807, 2.05) is 0 Å². The van der Waals surface area contributed by atoms with Gasteiger partial charge in [-0.1, -0.05) is 202 Å². The summed E-state index contributed by atoms with van der Waals surface area (Å²) in [6.45, 7) is 4.72. The van der Waals surface area contributed by atoms with Crippen molar-refractivity contribution in [3.8, 4) is 61.5 Å². The Kier molecular flexibility index (Phi) is 9.21. The number of rotatable bonds is 8. The third-order valence-electron chi connectivity index (χ3n) is 13.6. The summed E-state index contributed by atoms with van der Waals surface area (Å²) in [7, 11) is 0. The Morgan fingerprint density at radius 2 is 0.831 bits per heavy atom. The molecule has 0 bridgehead atoms. The quantitative estimate of drug-likeness (QED) is 0.148. The van der Waals surface area contributed by atoms with Crippen molar-refractivity contribution in [3.63, 3.8) is 0 Å². The lowest BCUT2D eigenvalue weighted by molar-refractivity contribution is 0.660. The van der Waals surface area contributed by atoms with E-state index in [9.17, 15) is 0 Å². The summed E-state index contributed by atoms with van der Waals surface area (Å²) in [5.41, 5.74) is 20.5. The minimum absolute atomic E-state index is 0.118. The molecule has 0 N–H and O–H groups in total. The van der Waals surface area contributed by atoms with E-state index in [0.717, 1.165) is 22.7 Å². The van der Waals surface area contributed by atoms with Crippen molar-refractivity contribution in [2.75, 3.05) is 4.90 Å². The van der Waals surface area contributed by atoms with Crippen LogP contribution in [0.25, 0.3) is 83.1 Å². The minimum Gasteiger partial charge on any atom is -0.310 e. The van der Waals surface area contributed by atoms with Crippen molar-refractivity contribution >= 4 is 38.7 Å². The average Bonchev–Trinajstić information content (AvgIpc) is 3.84. The van der Waals surface area contributed by atoms with Gasteiger partial charge in [0, 0.05) is 44.5 Å². The molecule has 2 heteroatoms. The van der Waals surface area contributed by atoms with Crippen molar-refractivity contribution in [1.82, 2.24) is 4.57 Å². The van der Waals surface area contributed by atoms with Gasteiger partial charge in [0.2, 0.25) is 0 Å². The Balaban J connectivity index is 1.05. The Labute approximate surface area is 381 Å². The summed E-state index contributed by atoms with van der Waals surface area (Å²) in [5, 5.41) is 3.66. The van der Waals surface area contributed by atoms with E-state index in [4.69, 9.17) is 0 Å². The van der Waals surface area contributed by atoms with Gasteiger partial charge in [0.05, 0.1) is 11.2 Å². The molecule has 0 fully saturated rings. The van der Waals surface area contributed by atoms with Gasteiger partial charge in [-0.25, -0.2) is 0 Å². The molecule has 308 valence electrons. The van der Waals surface area contributed by atoms with Gasteiger partial charge < -0.3 is 9.47 Å². The van der Waals surface area contributed by atoms with Gasteiger partial charge in [-0.15, -0.1) is 0 Å². The van der Waals surface area contributed by atoms with Crippen LogP contribution < -0.4 is 4.90 Å². The highest BCUT2D eigenvalue weighted by molar-refractivity contribution is 6.20. The summed E-state index contributed by atoms with van der Waals surface area (Å²) >= 11 is 0. The highest BCUT2D eigenvalue weighted by Crippen LogP contribution is 2.51. The van der Waals surface area contributed by atoms with Crippen LogP contribution in [0, 0.1) is 0 Å². The Morgan fingerprint density at radius 1 is 0.338 bits per heavy atom. The smallest absolute Gasteiger partial charge is 0.0620 e. The fraction of sp³-hybridized carbons (Fsp3) is 0.0476. The van der Waals surface area contributed by atoms with Crippen LogP contribution in [0.3, 0.4) is 0 Å². The van der Waals surface area contributed by atoms with Crippen LogP contribution in [-0.4, -0.2) is 4.57 Å². The lowest BCUT2D eigenvalue weighted by Gasteiger charge is -2.28. The van der Waals surface area contributed by atoms with Gasteiger partial charge in [0.25, 0.3) is 0 Å². The van der Waals surface area contributed by atoms with Crippen LogP contribution in [0.4, 0.5) is 17.1 Å². The maximum Gasteiger partial charge on any atom is 0.0620 e. The highest BCUT2D eigenvalue weighted by atomic mass is 15.1. The molecule has 0 radical (unpaired) electrons. The largest absolute Gasteiger partial charge is 0.310 e. The first-order valence-electron chi connectivity index (χ1n) is 22.6. The van der Waals surface area contributed by atoms with E-state index in [1.165, 1.54) is 88.6 Å². The van der Waals surface area contributed by atoms with Gasteiger partial charge in [0.15, 0.2) is 0 Å². The Morgan fingerprint density at radius 3 is 1.49 bits per heavy atom. The number of hydrogen-bond donors (Lipinski definition) is 0. The number of benzene rings is 10. The Bertz CT molecular complexity index is 3510. The monoisotopic (exact) mass is 830 g/mol. The summed E-state index contributed by atoms with van der Waals surface area (Å²) in [5.74, 6) is 0. The maximum atomic E-state index is 2.49. The van der Waals surface area contributed by atoms with E-state index in [1.54, 1.807) is 0 Å². The predicted molar refractivity (Wildman–Crippen MR) is 275 cm³/mol. The summed E-state index contributed by atoms with van der Waals surface area (Å²) in [6, 6.07) is 88.8. The van der Waals surface area contributed by atoms with Gasteiger partial charge in [-0.05, 0) is 116 Å². The van der Waals surface area contributed by atoms with Crippen molar-refractivity contribution in [2.45, 2.75) is 19.3 Å². The number of hydrogen-bond acceptors (Lipinski definition) is 1. The molecule has 11 aromatic rings. The van der Waals surface area contributed by atoms with Crippen LogP contribution in [0.5, 0.6) is 0 Å². The first kappa shape index (κ1) is 38.5. The van der Waals surface area contributed by atoms with Crippen LogP contribution in [0.2, 0.25) is 0 Å². The molecule has 0 amide bonds. The van der Waals surface area contributed by atoms with E-state index >= 15 is 0 Å². The van der Waals surface area contributed by atoms with E-state index in [-0.39, 0.29) is 5.41 Å². The molecule has 1 aliphatic carbocycles. The second kappa shape index (κ2) is 15.6. The molecular formula is C63H46N2. The summed E-state index contributed by atoms with van der Waals surface area (Å²) < 4.78 is 2.49. The molecule has 0 spiro atoms. The summed E-state index contributed by atoms with van der Waals surface area (Å²) in [4.78, 5) is 2.42. The zero-order chi connectivity index (χ0) is 43.5. The average molecular weight is 831 g/mol. The third-order valence-corrected chi connectivity index (χ3v) is 13.6. The van der Waals surface area contributed by atoms with Crippen molar-refractivity contribution in [3.05, 3.63) is 254 Å². The van der Waals surface area contributed by atoms with Gasteiger partial charge >= 0.3 is 0 Å². The van der Waals surface area contributed by atoms with Gasteiger partial charge in [0.1, 0.15) is 0 Å². The van der Waals surface area contributed by atoms with Crippen molar-refractivity contribution in [2.24, 2.45) is 0 Å². The standard InChI is InChI=1S/C63H46N2/c1-63(2)58-30-18-17-28-53(58)54-40-39-51(41-59(54)63)64(49-35-31-44(32-36-49)43-19-7-3-8-20-43)50-37-33-45(34-38-50)56-42-57-60(46-21-9-4-10-22-46)61(47-23-11-5-12-24-47)65(48-25-13-6-14-26-48)62(57)55-29-16-15-27-52(55)56/h3-42H,1-2H3. The normalized spacial score (nSPS) is 12.6. The molecule has 2 nitrogen and oxygen atoms in total. The first-order valence-corrected chi connectivity index (χ1v) is 22.6. The second-order valence-electron chi connectivity index (χ2n) is 17.7. The molecule has 12 rings (SSSR count). The predicted octanol–water partition coefficient (Wildman–Crippen LogP) is 17.2. The minimum atomic E-state index is -0.118. The molecule has 0 atom stereocenters. The van der Waals surface area contributed by atoms with Crippen molar-refractivity contribution in [1.29, 1.82) is 0 Å². The molecule has 0 saturated carbocycles. The number of anilines is 3. The zero-order valence-electron chi connectivity index (χ0n) is 36.5. The number of nitrogens with zero attached hydrogens (tertiary/aromatic N) is 2. The third kappa shape index (κ3) is 6.40. The zero-order valence-corrected chi connectivity index (χ0v) is 36.5. The Hall–Kier alpha value is -8.20. The molecule has 1 aliphatic rings. The van der Waals surface area contributed by atoms with Crippen molar-refractivity contribution < 1.29 is 0 Å². The molecule has 0 saturated heterocycles. The highest BCUT2D eigenvalue weighted by Gasteiger charge is 2.36. The molecular weight excluding hydrogens is 785 g/mol. The fourth-order valence-corrected chi connectivity index (χ4v) is 10.5. The van der Waals surface area contributed by atoms with Crippen LogP contribution >= 0.6 is 0 Å². The molecule has 0 unspecified atom stereocenters. The SMILES string of the molecule is CC1(C)c2ccccc2-c2ccc(N(c3ccc(-c4ccccc4)cc3)c3ccc(-c4cc5c(-c6ccccc6)c(-c6ccccc6)n(-c6ccccc6)c5c5ccccc45)cc3)cc21. The van der Waals surface area contributed by atoms with E-state index in [2.05, 4.69) is 266 Å². The van der Waals surface area contributed by atoms with E-state index < -0.39 is 0 Å². The molecule has 1 aromatic heterocycles. The number of fused-ring (bicyclic) bond motifs is 6. The molecule has 10 aromatic carbocycles. The summed E-state index contributed by atoms with van der Waals surface area (Å²) in [6.07, 6.45) is 0. The lowest BCUT2D eigenvalue weighted by atomic mass is 9.82. The van der Waals surface area contributed by atoms with Gasteiger partial charge in [-0.2, -0.15) is 0 Å². The lowest BCUT2D eigenvalue weighted by Crippen LogP contribution is -2.16. The second-order valence-corrected chi connectivity index (χ2v) is 17.7. The molecule has 65 heavy (non-hydrogen) atoms. The van der Waals surface area contributed by atoms with Gasteiger partial charge in [-0.3, -0.25) is 0 Å². The number of aromatic nitrogens is 1. The van der Waals surface area contributed by atoms with Crippen LogP contribution in [0.15, 0.2) is 243 Å².